The molecule has 0 atom stereocenters. The summed E-state index contributed by atoms with van der Waals surface area (Å²) < 4.78 is 2.11. The van der Waals surface area contributed by atoms with Crippen molar-refractivity contribution >= 4 is 17.4 Å². The van der Waals surface area contributed by atoms with Crippen LogP contribution in [0.25, 0.3) is 11.3 Å². The van der Waals surface area contributed by atoms with E-state index >= 15 is 0 Å². The van der Waals surface area contributed by atoms with E-state index in [1.54, 1.807) is 0 Å². The van der Waals surface area contributed by atoms with E-state index in [0.717, 1.165) is 34.1 Å². The molecule has 0 radical (unpaired) electrons. The Morgan fingerprint density at radius 3 is 2.40 bits per heavy atom. The molecule has 3 nitrogen and oxygen atoms in total. The molecule has 1 aromatic carbocycles. The summed E-state index contributed by atoms with van der Waals surface area (Å²) in [4.78, 5) is 4.72. The lowest BCUT2D eigenvalue weighted by Gasteiger charge is -2.24. The van der Waals surface area contributed by atoms with Crippen molar-refractivity contribution in [3.63, 3.8) is 0 Å². The molecule has 0 unspecified atom stereocenters. The Morgan fingerprint density at radius 2 is 1.95 bits per heavy atom. The van der Waals surface area contributed by atoms with Gasteiger partial charge in [0.05, 0.1) is 0 Å². The van der Waals surface area contributed by atoms with E-state index in [2.05, 4.69) is 32.3 Å². The molecule has 2 N–H and O–H groups in total. The lowest BCUT2D eigenvalue weighted by Crippen LogP contribution is -2.25. The van der Waals surface area contributed by atoms with Gasteiger partial charge in [-0.25, -0.2) is 4.98 Å². The summed E-state index contributed by atoms with van der Waals surface area (Å²) in [6.45, 7) is 10.5. The van der Waals surface area contributed by atoms with E-state index < -0.39 is 0 Å². The lowest BCUT2D eigenvalue weighted by atomic mass is 10.1. The molecule has 20 heavy (non-hydrogen) atoms. The maximum atomic E-state index is 6.34. The van der Waals surface area contributed by atoms with Crippen LogP contribution in [-0.2, 0) is 12.0 Å². The van der Waals surface area contributed by atoms with Gasteiger partial charge < -0.3 is 10.3 Å². The zero-order valence-electron chi connectivity index (χ0n) is 12.8. The van der Waals surface area contributed by atoms with Gasteiger partial charge in [0, 0.05) is 22.5 Å². The predicted octanol–water partition coefficient (Wildman–Crippen LogP) is 4.41. The number of halogens is 1. The SMILES string of the molecule is CCc1nc(-c2ccc(C)c(Cl)c2)c(N)n1C(C)(C)C. The normalized spacial score (nSPS) is 11.9. The summed E-state index contributed by atoms with van der Waals surface area (Å²) in [7, 11) is 0. The van der Waals surface area contributed by atoms with Crippen LogP contribution in [0.15, 0.2) is 18.2 Å². The summed E-state index contributed by atoms with van der Waals surface area (Å²) >= 11 is 6.21. The highest BCUT2D eigenvalue weighted by Crippen LogP contribution is 2.33. The summed E-state index contributed by atoms with van der Waals surface area (Å²) in [6.07, 6.45) is 0.848. The van der Waals surface area contributed by atoms with Crippen LogP contribution in [0.1, 0.15) is 39.1 Å². The van der Waals surface area contributed by atoms with Gasteiger partial charge in [0.2, 0.25) is 0 Å². The van der Waals surface area contributed by atoms with E-state index in [0.29, 0.717) is 5.82 Å². The average Bonchev–Trinajstić information content (AvgIpc) is 2.69. The van der Waals surface area contributed by atoms with Crippen LogP contribution < -0.4 is 5.73 Å². The number of aromatic nitrogens is 2. The third-order valence-corrected chi connectivity index (χ3v) is 3.82. The van der Waals surface area contributed by atoms with Gasteiger partial charge in [0.1, 0.15) is 17.3 Å². The van der Waals surface area contributed by atoms with Crippen molar-refractivity contribution in [3.8, 4) is 11.3 Å². The van der Waals surface area contributed by atoms with Crippen molar-refractivity contribution in [1.82, 2.24) is 9.55 Å². The molecule has 2 aromatic rings. The predicted molar refractivity (Wildman–Crippen MR) is 86.2 cm³/mol. The molecule has 0 saturated carbocycles. The molecule has 0 amide bonds. The highest BCUT2D eigenvalue weighted by Gasteiger charge is 2.23. The minimum absolute atomic E-state index is 0.0881. The van der Waals surface area contributed by atoms with Gasteiger partial charge >= 0.3 is 0 Å². The number of rotatable bonds is 2. The first kappa shape index (κ1) is 14.9. The summed E-state index contributed by atoms with van der Waals surface area (Å²) in [5, 5.41) is 0.741. The smallest absolute Gasteiger partial charge is 0.132 e. The Kier molecular flexibility index (Phi) is 3.83. The Labute approximate surface area is 125 Å². The minimum atomic E-state index is -0.0881. The molecule has 0 aliphatic heterocycles. The third-order valence-electron chi connectivity index (χ3n) is 3.41. The highest BCUT2D eigenvalue weighted by molar-refractivity contribution is 6.31. The number of nitrogens with zero attached hydrogens (tertiary/aromatic N) is 2. The van der Waals surface area contributed by atoms with Gasteiger partial charge in [0.15, 0.2) is 0 Å². The maximum absolute atomic E-state index is 6.34. The summed E-state index contributed by atoms with van der Waals surface area (Å²) in [5.41, 5.74) is 9.10. The summed E-state index contributed by atoms with van der Waals surface area (Å²) in [6, 6.07) is 5.95. The number of nitrogen functional groups attached to an aromatic ring is 1. The standard InChI is InChI=1S/C16H22ClN3/c1-6-13-19-14(15(18)20(13)16(3,4)5)11-8-7-10(2)12(17)9-11/h7-9H,6,18H2,1-5H3. The van der Waals surface area contributed by atoms with Crippen LogP contribution in [-0.4, -0.2) is 9.55 Å². The molecule has 2 rings (SSSR count). The monoisotopic (exact) mass is 291 g/mol. The average molecular weight is 292 g/mol. The molecule has 1 aromatic heterocycles. The fourth-order valence-electron chi connectivity index (χ4n) is 2.42. The molecule has 1 heterocycles. The Morgan fingerprint density at radius 1 is 1.30 bits per heavy atom. The van der Waals surface area contributed by atoms with E-state index in [1.807, 2.05) is 25.1 Å². The van der Waals surface area contributed by atoms with Gasteiger partial charge in [0.25, 0.3) is 0 Å². The number of imidazole rings is 1. The zero-order valence-corrected chi connectivity index (χ0v) is 13.5. The number of aryl methyl sites for hydroxylation is 2. The Hall–Kier alpha value is -1.48. The molecule has 108 valence electrons. The van der Waals surface area contributed by atoms with Crippen molar-refractivity contribution in [2.75, 3.05) is 5.73 Å². The van der Waals surface area contributed by atoms with Crippen LogP contribution in [0.5, 0.6) is 0 Å². The van der Waals surface area contributed by atoms with Crippen molar-refractivity contribution in [3.05, 3.63) is 34.6 Å². The molecular formula is C16H22ClN3. The molecule has 0 aliphatic carbocycles. The van der Waals surface area contributed by atoms with Crippen molar-refractivity contribution in [2.45, 2.75) is 46.6 Å². The topological polar surface area (TPSA) is 43.8 Å². The number of hydrogen-bond acceptors (Lipinski definition) is 2. The number of hydrogen-bond donors (Lipinski definition) is 1. The Balaban J connectivity index is 2.64. The molecule has 4 heteroatoms. The largest absolute Gasteiger partial charge is 0.383 e. The molecule has 0 spiro atoms. The van der Waals surface area contributed by atoms with Gasteiger partial charge in [-0.3, -0.25) is 0 Å². The van der Waals surface area contributed by atoms with Crippen molar-refractivity contribution < 1.29 is 0 Å². The second-order valence-electron chi connectivity index (χ2n) is 6.09. The number of anilines is 1. The van der Waals surface area contributed by atoms with E-state index in [4.69, 9.17) is 22.3 Å². The van der Waals surface area contributed by atoms with Crippen LogP contribution in [0.3, 0.4) is 0 Å². The third kappa shape index (κ3) is 2.55. The molecule has 0 saturated heterocycles. The van der Waals surface area contributed by atoms with Crippen LogP contribution in [0.4, 0.5) is 5.82 Å². The quantitative estimate of drug-likeness (QED) is 0.890. The van der Waals surface area contributed by atoms with Crippen molar-refractivity contribution in [1.29, 1.82) is 0 Å². The first-order valence-electron chi connectivity index (χ1n) is 6.89. The molecule has 0 aliphatic rings. The number of nitrogens with two attached hydrogens (primary N) is 1. The van der Waals surface area contributed by atoms with E-state index in [9.17, 15) is 0 Å². The fraction of sp³-hybridized carbons (Fsp3) is 0.438. The second-order valence-corrected chi connectivity index (χ2v) is 6.49. The van der Waals surface area contributed by atoms with Crippen molar-refractivity contribution in [2.24, 2.45) is 0 Å². The minimum Gasteiger partial charge on any atom is -0.383 e. The molecule has 0 bridgehead atoms. The highest BCUT2D eigenvalue weighted by atomic mass is 35.5. The second kappa shape index (κ2) is 5.13. The summed E-state index contributed by atoms with van der Waals surface area (Å²) in [5.74, 6) is 1.70. The number of benzene rings is 1. The van der Waals surface area contributed by atoms with Gasteiger partial charge in [-0.1, -0.05) is 30.7 Å². The van der Waals surface area contributed by atoms with E-state index in [-0.39, 0.29) is 5.54 Å². The molecule has 0 fully saturated rings. The first-order chi connectivity index (χ1) is 9.25. The van der Waals surface area contributed by atoms with Crippen LogP contribution in [0, 0.1) is 6.92 Å². The zero-order chi connectivity index (χ0) is 15.1. The molecular weight excluding hydrogens is 270 g/mol. The Bertz CT molecular complexity index is 636. The van der Waals surface area contributed by atoms with Crippen LogP contribution in [0.2, 0.25) is 5.02 Å². The van der Waals surface area contributed by atoms with Gasteiger partial charge in [-0.05, 0) is 39.3 Å². The van der Waals surface area contributed by atoms with Crippen LogP contribution >= 0.6 is 11.6 Å². The first-order valence-corrected chi connectivity index (χ1v) is 7.27. The fourth-order valence-corrected chi connectivity index (χ4v) is 2.60. The maximum Gasteiger partial charge on any atom is 0.132 e. The van der Waals surface area contributed by atoms with E-state index in [1.165, 1.54) is 0 Å². The van der Waals surface area contributed by atoms with Gasteiger partial charge in [-0.15, -0.1) is 0 Å². The van der Waals surface area contributed by atoms with Gasteiger partial charge in [-0.2, -0.15) is 0 Å². The lowest BCUT2D eigenvalue weighted by molar-refractivity contribution is 0.389.